The minimum atomic E-state index is 0.117. The van der Waals surface area contributed by atoms with Crippen molar-refractivity contribution in [3.8, 4) is 0 Å². The van der Waals surface area contributed by atoms with Crippen LogP contribution in [0.5, 0.6) is 0 Å². The molecule has 0 unspecified atom stereocenters. The number of hydrogen-bond donors (Lipinski definition) is 2. The number of rotatable bonds is 1. The summed E-state index contributed by atoms with van der Waals surface area (Å²) in [6.45, 7) is 0. The summed E-state index contributed by atoms with van der Waals surface area (Å²) >= 11 is 0. The fourth-order valence-electron chi connectivity index (χ4n) is 0.795. The van der Waals surface area contributed by atoms with Crippen molar-refractivity contribution in [2.45, 2.75) is 0 Å². The molecule has 1 aliphatic rings. The predicted molar refractivity (Wildman–Crippen MR) is 48.9 cm³/mol. The normalized spacial score (nSPS) is 29.3. The van der Waals surface area contributed by atoms with Crippen LogP contribution in [0, 0.1) is 0 Å². The van der Waals surface area contributed by atoms with Gasteiger partial charge in [0.2, 0.25) is 0 Å². The third-order valence-corrected chi connectivity index (χ3v) is 1.40. The Hall–Kier alpha value is -1.77. The van der Waals surface area contributed by atoms with Gasteiger partial charge >= 0.3 is 0 Å². The Labute approximate surface area is 70.9 Å². The quantitative estimate of drug-likeness (QED) is 0.264. The van der Waals surface area contributed by atoms with Crippen LogP contribution in [0.25, 0.3) is 0 Å². The lowest BCUT2D eigenvalue weighted by atomic mass is 10.2. The Kier molecular flexibility index (Phi) is 2.90. The molecule has 0 fully saturated rings. The molecule has 0 spiro atoms. The van der Waals surface area contributed by atoms with Gasteiger partial charge < -0.3 is 10.9 Å². The molecule has 0 amide bonds. The number of allylic oxidation sites excluding steroid dienone is 6. The van der Waals surface area contributed by atoms with Crippen LogP contribution in [0.15, 0.2) is 53.3 Å². The molecular weight excluding hydrogens is 152 g/mol. The Bertz CT molecular complexity index is 296. The van der Waals surface area contributed by atoms with Gasteiger partial charge in [0.05, 0.1) is 0 Å². The number of amidine groups is 1. The van der Waals surface area contributed by atoms with Crippen LogP contribution in [0.3, 0.4) is 0 Å². The molecule has 0 aromatic rings. The van der Waals surface area contributed by atoms with Crippen LogP contribution in [-0.4, -0.2) is 11.0 Å². The van der Waals surface area contributed by atoms with Crippen LogP contribution in [0.2, 0.25) is 0 Å². The van der Waals surface area contributed by atoms with Gasteiger partial charge in [-0.1, -0.05) is 47.7 Å². The largest absolute Gasteiger partial charge is 0.409 e. The Morgan fingerprint density at radius 1 is 1.17 bits per heavy atom. The van der Waals surface area contributed by atoms with E-state index in [0.717, 1.165) is 0 Å². The number of nitrogens with zero attached hydrogens (tertiary/aromatic N) is 1. The molecule has 0 heterocycles. The summed E-state index contributed by atoms with van der Waals surface area (Å²) in [7, 11) is 0. The van der Waals surface area contributed by atoms with Crippen LogP contribution in [-0.2, 0) is 0 Å². The maximum atomic E-state index is 8.40. The molecule has 3 heteroatoms. The van der Waals surface area contributed by atoms with Crippen molar-refractivity contribution in [3.63, 3.8) is 0 Å². The molecule has 0 saturated heterocycles. The highest BCUT2D eigenvalue weighted by Gasteiger charge is 1.96. The van der Waals surface area contributed by atoms with Gasteiger partial charge in [0.1, 0.15) is 0 Å². The fraction of sp³-hybridized carbons (Fsp3) is 0. The van der Waals surface area contributed by atoms with Gasteiger partial charge in [-0.2, -0.15) is 0 Å². The first-order valence-corrected chi connectivity index (χ1v) is 3.54. The van der Waals surface area contributed by atoms with E-state index in [2.05, 4.69) is 5.16 Å². The average Bonchev–Trinajstić information content (AvgIpc) is 2.02. The third kappa shape index (κ3) is 2.12. The van der Waals surface area contributed by atoms with Crippen molar-refractivity contribution in [2.24, 2.45) is 10.9 Å². The first-order chi connectivity index (χ1) is 5.84. The summed E-state index contributed by atoms with van der Waals surface area (Å²) in [5.41, 5.74) is 6.08. The monoisotopic (exact) mass is 162 g/mol. The molecule has 0 saturated carbocycles. The topological polar surface area (TPSA) is 58.6 Å². The first-order valence-electron chi connectivity index (χ1n) is 3.54. The molecular formula is C9H10N2O. The van der Waals surface area contributed by atoms with E-state index < -0.39 is 0 Å². The van der Waals surface area contributed by atoms with Crippen molar-refractivity contribution in [3.05, 3.63) is 48.1 Å². The molecule has 0 aromatic heterocycles. The number of oxime groups is 1. The zero-order chi connectivity index (χ0) is 8.81. The van der Waals surface area contributed by atoms with Gasteiger partial charge in [-0.15, -0.1) is 0 Å². The lowest BCUT2D eigenvalue weighted by molar-refractivity contribution is 0.318. The zero-order valence-electron chi connectivity index (χ0n) is 6.51. The molecule has 12 heavy (non-hydrogen) atoms. The standard InChI is InChI=1S/C9H10N2O/c10-9(11-12)8-6-4-2-1-3-5-7-8/h1-7,12H,(H2,10,11)/b2-1-,3-1?,4-2?,5-3-,6-4-,7-5?,8-6?,8-7+. The highest BCUT2D eigenvalue weighted by Crippen LogP contribution is 2.00. The van der Waals surface area contributed by atoms with Crippen molar-refractivity contribution in [1.82, 2.24) is 0 Å². The smallest absolute Gasteiger partial charge is 0.170 e. The van der Waals surface area contributed by atoms with E-state index in [0.29, 0.717) is 5.57 Å². The number of hydrogen-bond acceptors (Lipinski definition) is 2. The molecule has 0 aromatic carbocycles. The molecule has 0 radical (unpaired) electrons. The van der Waals surface area contributed by atoms with E-state index in [1.165, 1.54) is 0 Å². The van der Waals surface area contributed by atoms with Crippen LogP contribution in [0.1, 0.15) is 0 Å². The van der Waals surface area contributed by atoms with Gasteiger partial charge in [0.15, 0.2) is 5.84 Å². The zero-order valence-corrected chi connectivity index (χ0v) is 6.51. The Balaban J connectivity index is 2.90. The molecule has 1 rings (SSSR count). The summed E-state index contributed by atoms with van der Waals surface area (Å²) < 4.78 is 0. The van der Waals surface area contributed by atoms with E-state index in [-0.39, 0.29) is 5.84 Å². The Morgan fingerprint density at radius 3 is 2.58 bits per heavy atom. The fourth-order valence-corrected chi connectivity index (χ4v) is 0.795. The summed E-state index contributed by atoms with van der Waals surface area (Å²) in [6, 6.07) is 0. The van der Waals surface area contributed by atoms with Crippen molar-refractivity contribution in [1.29, 1.82) is 0 Å². The summed E-state index contributed by atoms with van der Waals surface area (Å²) in [6.07, 6.45) is 12.8. The van der Waals surface area contributed by atoms with Gasteiger partial charge in [0, 0.05) is 5.57 Å². The van der Waals surface area contributed by atoms with Crippen molar-refractivity contribution in [2.75, 3.05) is 0 Å². The first kappa shape index (κ1) is 8.33. The average molecular weight is 162 g/mol. The second-order valence-electron chi connectivity index (χ2n) is 2.24. The van der Waals surface area contributed by atoms with E-state index in [9.17, 15) is 0 Å². The predicted octanol–water partition coefficient (Wildman–Crippen LogP) is 1.34. The third-order valence-electron chi connectivity index (χ3n) is 1.40. The van der Waals surface area contributed by atoms with Gasteiger partial charge in [-0.3, -0.25) is 0 Å². The van der Waals surface area contributed by atoms with Crippen LogP contribution >= 0.6 is 0 Å². The summed E-state index contributed by atoms with van der Waals surface area (Å²) in [4.78, 5) is 0. The molecule has 3 N–H and O–H groups in total. The van der Waals surface area contributed by atoms with E-state index in [1.54, 1.807) is 12.2 Å². The molecule has 0 aliphatic heterocycles. The van der Waals surface area contributed by atoms with Gasteiger partial charge in [-0.05, 0) is 0 Å². The lowest BCUT2D eigenvalue weighted by Crippen LogP contribution is -2.13. The van der Waals surface area contributed by atoms with Crippen LogP contribution in [0.4, 0.5) is 0 Å². The maximum Gasteiger partial charge on any atom is 0.170 e. The second-order valence-corrected chi connectivity index (χ2v) is 2.24. The van der Waals surface area contributed by atoms with Crippen molar-refractivity contribution >= 4 is 5.84 Å². The molecule has 1 aliphatic carbocycles. The summed E-state index contributed by atoms with van der Waals surface area (Å²) in [5, 5.41) is 11.3. The second kappa shape index (κ2) is 4.18. The van der Waals surface area contributed by atoms with Crippen molar-refractivity contribution < 1.29 is 5.21 Å². The lowest BCUT2D eigenvalue weighted by Gasteiger charge is -1.97. The summed E-state index contributed by atoms with van der Waals surface area (Å²) in [5.74, 6) is 0.117. The molecule has 0 bridgehead atoms. The molecule has 3 nitrogen and oxygen atoms in total. The van der Waals surface area contributed by atoms with Gasteiger partial charge in [-0.25, -0.2) is 0 Å². The minimum Gasteiger partial charge on any atom is -0.409 e. The maximum absolute atomic E-state index is 8.40. The van der Waals surface area contributed by atoms with Gasteiger partial charge in [0.25, 0.3) is 0 Å². The number of nitrogens with two attached hydrogens (primary N) is 1. The highest BCUT2D eigenvalue weighted by molar-refractivity contribution is 5.99. The van der Waals surface area contributed by atoms with E-state index in [1.807, 2.05) is 30.4 Å². The Morgan fingerprint density at radius 2 is 1.83 bits per heavy atom. The van der Waals surface area contributed by atoms with E-state index >= 15 is 0 Å². The van der Waals surface area contributed by atoms with E-state index in [4.69, 9.17) is 10.9 Å². The molecule has 62 valence electrons. The minimum absolute atomic E-state index is 0.117. The SMILES string of the molecule is NC(=N\O)/C1=C/C=C\C=C/C=C\1. The highest BCUT2D eigenvalue weighted by atomic mass is 16.4. The molecule has 0 atom stereocenters. The van der Waals surface area contributed by atoms with Crippen LogP contribution < -0.4 is 5.73 Å².